The number of phenolic OH excluding ortho intramolecular Hbond substituents is 1. The number of azo groups is 1. The van der Waals surface area contributed by atoms with E-state index in [0.29, 0.717) is 44.9 Å². The number of fused-ring (bicyclic) bond motifs is 5. The summed E-state index contributed by atoms with van der Waals surface area (Å²) >= 11 is 7.93. The lowest BCUT2D eigenvalue weighted by atomic mass is 9.51. The Morgan fingerprint density at radius 2 is 1.56 bits per heavy atom. The summed E-state index contributed by atoms with van der Waals surface area (Å²) in [7, 11) is 5.64. The lowest BCUT2D eigenvalue weighted by molar-refractivity contribution is -0.131. The van der Waals surface area contributed by atoms with Gasteiger partial charge in [0.05, 0.1) is 45.1 Å². The van der Waals surface area contributed by atoms with Crippen LogP contribution in [0, 0.1) is 36.0 Å². The van der Waals surface area contributed by atoms with Gasteiger partial charge in [0.25, 0.3) is 0 Å². The summed E-state index contributed by atoms with van der Waals surface area (Å²) in [6, 6.07) is 36.7. The van der Waals surface area contributed by atoms with Crippen LogP contribution in [0.25, 0.3) is 20.7 Å². The second-order valence-corrected chi connectivity index (χ2v) is 20.5. The van der Waals surface area contributed by atoms with Gasteiger partial charge in [-0.1, -0.05) is 59.6 Å². The Morgan fingerprint density at radius 1 is 0.843 bits per heavy atom. The number of anilines is 3. The van der Waals surface area contributed by atoms with Crippen molar-refractivity contribution < 1.29 is 29.0 Å². The summed E-state index contributed by atoms with van der Waals surface area (Å²) in [5, 5.41) is 27.2. The Bertz CT molecular complexity index is 3350. The number of carbonyl (C=O) groups is 4. The van der Waals surface area contributed by atoms with Crippen LogP contribution in [0.2, 0.25) is 5.02 Å². The van der Waals surface area contributed by atoms with Gasteiger partial charge in [-0.3, -0.25) is 28.8 Å². The number of aryl methyl sites for hydroxylation is 2. The van der Waals surface area contributed by atoms with E-state index in [4.69, 9.17) is 21.4 Å². The number of halogens is 1. The van der Waals surface area contributed by atoms with E-state index in [1.807, 2.05) is 105 Å². The van der Waals surface area contributed by atoms with Gasteiger partial charge in [0.15, 0.2) is 0 Å². The molecule has 2 saturated heterocycles. The molecule has 15 heteroatoms. The van der Waals surface area contributed by atoms with E-state index in [2.05, 4.69) is 10.2 Å². The molecule has 4 amide bonds. The monoisotopic (exact) mass is 969 g/mol. The molecule has 13 nitrogen and oxygen atoms in total. The first-order valence-corrected chi connectivity index (χ1v) is 24.4. The van der Waals surface area contributed by atoms with Crippen LogP contribution < -0.4 is 19.4 Å². The standard InChI is InChI=1S/C55H48ClN7O6S/c1-30-41-25-32(56)11-24-46(41)70-50(30)44-28-47(61(5)59-44)63-52(66)43-27-42-38(49(55(43,2)54(63)68)39-21-20-37(26-45(39)64)69-29-31-9-7-6-8-10-31)22-23-40-48(42)53(67)62(51(40)65)36-18-14-34(15-19-36)58-57-33-12-16-35(17-13-33)60(3)4/h6-22,24-26,28,40,42-43,48-49,64H,23,27,29H2,1-5H3. The fourth-order valence-corrected chi connectivity index (χ4v) is 12.6. The molecule has 7 aromatic rings. The number of allylic oxidation sites excluding steroid dienone is 2. The quantitative estimate of drug-likeness (QED) is 0.0808. The molecule has 0 spiro atoms. The Balaban J connectivity index is 0.941. The van der Waals surface area contributed by atoms with E-state index in [1.54, 1.807) is 72.5 Å². The van der Waals surface area contributed by atoms with Crippen LogP contribution in [0.15, 0.2) is 143 Å². The number of hydrogen-bond acceptors (Lipinski definition) is 11. The molecule has 6 unspecified atom stereocenters. The number of rotatable bonds is 10. The molecule has 4 heterocycles. The van der Waals surface area contributed by atoms with Crippen molar-refractivity contribution in [3.63, 3.8) is 0 Å². The maximum Gasteiger partial charge on any atom is 0.242 e. The van der Waals surface area contributed by atoms with Crippen LogP contribution >= 0.6 is 22.9 Å². The van der Waals surface area contributed by atoms with Crippen molar-refractivity contribution in [2.75, 3.05) is 28.8 Å². The second-order valence-electron chi connectivity index (χ2n) is 19.0. The van der Waals surface area contributed by atoms with E-state index in [1.165, 1.54) is 15.9 Å². The van der Waals surface area contributed by atoms with Crippen molar-refractivity contribution in [3.8, 4) is 22.1 Å². The largest absolute Gasteiger partial charge is 0.508 e. The number of benzene rings is 5. The van der Waals surface area contributed by atoms with E-state index >= 15 is 9.59 Å². The van der Waals surface area contributed by atoms with Crippen molar-refractivity contribution >= 4 is 85.2 Å². The molecule has 6 atom stereocenters. The zero-order valence-corrected chi connectivity index (χ0v) is 40.6. The van der Waals surface area contributed by atoms with Crippen molar-refractivity contribution in [3.05, 3.63) is 155 Å². The maximum atomic E-state index is 15.5. The zero-order chi connectivity index (χ0) is 48.7. The number of aromatic nitrogens is 2. The number of imide groups is 2. The molecular weight excluding hydrogens is 922 g/mol. The molecule has 352 valence electrons. The predicted octanol–water partition coefficient (Wildman–Crippen LogP) is 11.5. The summed E-state index contributed by atoms with van der Waals surface area (Å²) in [5.41, 5.74) is 4.98. The minimum atomic E-state index is -1.41. The topological polar surface area (TPSA) is 150 Å². The van der Waals surface area contributed by atoms with Gasteiger partial charge in [-0.25, -0.2) is 4.90 Å². The summed E-state index contributed by atoms with van der Waals surface area (Å²) in [6.07, 6.45) is 2.35. The molecule has 70 heavy (non-hydrogen) atoms. The third-order valence-electron chi connectivity index (χ3n) is 14.8. The molecule has 1 N–H and O–H groups in total. The zero-order valence-electron chi connectivity index (χ0n) is 39.0. The minimum Gasteiger partial charge on any atom is -0.508 e. The number of hydrogen-bond donors (Lipinski definition) is 1. The smallest absolute Gasteiger partial charge is 0.242 e. The minimum absolute atomic E-state index is 0.112. The molecule has 3 fully saturated rings. The van der Waals surface area contributed by atoms with E-state index in [9.17, 15) is 14.7 Å². The second kappa shape index (κ2) is 17.2. The highest BCUT2D eigenvalue weighted by atomic mass is 35.5. The van der Waals surface area contributed by atoms with Gasteiger partial charge in [-0.15, -0.1) is 11.3 Å². The first kappa shape index (κ1) is 45.0. The molecular formula is C55H48ClN7O6S. The number of aromatic hydroxyl groups is 1. The molecule has 4 aliphatic rings. The SMILES string of the molecule is Cc1c(-c2cc(N3C(=O)C4CC5C(=CCC6C(=O)N(c7ccc(N=Nc8ccc(N(C)C)cc8)cc7)C(=O)C65)C(c5ccc(OCc6ccccc6)cc5O)C4(C)C3=O)n(C)n2)sc2ccc(Cl)cc12. The van der Waals surface area contributed by atoms with Gasteiger partial charge >= 0.3 is 0 Å². The van der Waals surface area contributed by atoms with E-state index in [0.717, 1.165) is 37.4 Å². The molecule has 11 rings (SSSR count). The van der Waals surface area contributed by atoms with Gasteiger partial charge in [-0.2, -0.15) is 15.3 Å². The summed E-state index contributed by atoms with van der Waals surface area (Å²) in [5.74, 6) is -4.83. The highest BCUT2D eigenvalue weighted by Crippen LogP contribution is 2.65. The van der Waals surface area contributed by atoms with Crippen molar-refractivity contribution in [2.45, 2.75) is 39.2 Å². The maximum absolute atomic E-state index is 15.5. The molecule has 1 saturated carbocycles. The number of ether oxygens (including phenoxy) is 1. The van der Waals surface area contributed by atoms with Crippen LogP contribution in [0.1, 0.15) is 42.4 Å². The average molecular weight is 971 g/mol. The average Bonchev–Trinajstić information content (AvgIpc) is 4.03. The predicted molar refractivity (Wildman–Crippen MR) is 271 cm³/mol. The normalized spacial score (nSPS) is 23.0. The number of amides is 4. The van der Waals surface area contributed by atoms with Gasteiger partial charge in [-0.05, 0) is 122 Å². The Kier molecular flexibility index (Phi) is 11.1. The van der Waals surface area contributed by atoms with Crippen molar-refractivity contribution in [1.82, 2.24) is 9.78 Å². The number of thiophene rings is 1. The first-order valence-electron chi connectivity index (χ1n) is 23.2. The summed E-state index contributed by atoms with van der Waals surface area (Å²) in [4.78, 5) is 65.4. The lowest BCUT2D eigenvalue weighted by Crippen LogP contribution is -2.49. The third-order valence-corrected chi connectivity index (χ3v) is 16.3. The van der Waals surface area contributed by atoms with E-state index in [-0.39, 0.29) is 37.0 Å². The number of phenols is 1. The molecule has 2 aliphatic heterocycles. The molecule has 0 radical (unpaired) electrons. The molecule has 2 aromatic heterocycles. The van der Waals surface area contributed by atoms with Gasteiger partial charge in [0.1, 0.15) is 29.6 Å². The summed E-state index contributed by atoms with van der Waals surface area (Å²) < 4.78 is 8.69. The van der Waals surface area contributed by atoms with Crippen LogP contribution in [0.5, 0.6) is 11.5 Å². The third kappa shape index (κ3) is 7.30. The van der Waals surface area contributed by atoms with Crippen LogP contribution in [0.3, 0.4) is 0 Å². The molecule has 5 aromatic carbocycles. The molecule has 0 bridgehead atoms. The lowest BCUT2D eigenvalue weighted by Gasteiger charge is -2.49. The number of carbonyl (C=O) groups excluding carboxylic acids is 4. The van der Waals surface area contributed by atoms with Crippen molar-refractivity contribution in [2.24, 2.45) is 46.4 Å². The fourth-order valence-electron chi connectivity index (χ4n) is 11.2. The van der Waals surface area contributed by atoms with Gasteiger partial charge in [0.2, 0.25) is 23.6 Å². The Labute approximate surface area is 413 Å². The van der Waals surface area contributed by atoms with Crippen molar-refractivity contribution in [1.29, 1.82) is 0 Å². The number of nitrogens with zero attached hydrogens (tertiary/aromatic N) is 7. The van der Waals surface area contributed by atoms with Crippen LogP contribution in [-0.4, -0.2) is 52.6 Å². The van der Waals surface area contributed by atoms with Crippen LogP contribution in [-0.2, 0) is 32.8 Å². The van der Waals surface area contributed by atoms with E-state index < -0.39 is 46.8 Å². The highest BCUT2D eigenvalue weighted by molar-refractivity contribution is 7.22. The molecule has 2 aliphatic carbocycles. The van der Waals surface area contributed by atoms with Crippen LogP contribution in [0.4, 0.5) is 28.6 Å². The van der Waals surface area contributed by atoms with Gasteiger partial charge in [0, 0.05) is 60.2 Å². The van der Waals surface area contributed by atoms with Gasteiger partial charge < -0.3 is 14.7 Å². The fraction of sp³-hybridized carbons (Fsp3) is 0.255. The Morgan fingerprint density at radius 3 is 2.26 bits per heavy atom. The Hall–Kier alpha value is -7.42. The first-order chi connectivity index (χ1) is 33.7. The highest BCUT2D eigenvalue weighted by Gasteiger charge is 2.68. The summed E-state index contributed by atoms with van der Waals surface area (Å²) in [6.45, 7) is 4.07.